The summed E-state index contributed by atoms with van der Waals surface area (Å²) < 4.78 is 11.9. The molecule has 0 amide bonds. The first-order valence-corrected chi connectivity index (χ1v) is 6.82. The zero-order valence-corrected chi connectivity index (χ0v) is 12.0. The molecule has 0 N–H and O–H groups in total. The Hall–Kier alpha value is -1.14. The van der Waals surface area contributed by atoms with Crippen molar-refractivity contribution < 1.29 is 9.31 Å². The van der Waals surface area contributed by atoms with Crippen molar-refractivity contribution in [1.82, 2.24) is 9.97 Å². The molecule has 0 saturated carbocycles. The predicted octanol–water partition coefficient (Wildman–Crippen LogP) is 0.986. The van der Waals surface area contributed by atoms with Crippen LogP contribution in [0.5, 0.6) is 0 Å². The number of anilines is 1. The highest BCUT2D eigenvalue weighted by Crippen LogP contribution is 2.36. The molecule has 0 unspecified atom stereocenters. The van der Waals surface area contributed by atoms with E-state index in [0.29, 0.717) is 0 Å². The third-order valence-electron chi connectivity index (χ3n) is 4.32. The van der Waals surface area contributed by atoms with Gasteiger partial charge < -0.3 is 14.2 Å². The van der Waals surface area contributed by atoms with Crippen molar-refractivity contribution in [1.29, 1.82) is 0 Å². The van der Waals surface area contributed by atoms with E-state index in [2.05, 4.69) is 14.9 Å². The minimum Gasteiger partial charge on any atom is -0.399 e. The summed E-state index contributed by atoms with van der Waals surface area (Å²) in [5.41, 5.74) is 0.227. The third kappa shape index (κ3) is 2.13. The molecule has 2 aliphatic rings. The maximum atomic E-state index is 5.97. The zero-order valence-electron chi connectivity index (χ0n) is 12.0. The molecular weight excluding hydrogens is 241 g/mol. The van der Waals surface area contributed by atoms with Crippen LogP contribution in [0.3, 0.4) is 0 Å². The van der Waals surface area contributed by atoms with Crippen LogP contribution in [0.1, 0.15) is 34.1 Å². The molecule has 2 aliphatic heterocycles. The number of rotatable bonds is 2. The number of hydrogen-bond donors (Lipinski definition) is 0. The molecule has 0 radical (unpaired) electrons. The van der Waals surface area contributed by atoms with Gasteiger partial charge in [-0.05, 0) is 34.1 Å². The fourth-order valence-corrected chi connectivity index (χ4v) is 2.11. The van der Waals surface area contributed by atoms with E-state index in [1.807, 2.05) is 40.1 Å². The van der Waals surface area contributed by atoms with E-state index in [9.17, 15) is 0 Å². The molecule has 0 spiro atoms. The molecule has 6 heteroatoms. The third-order valence-corrected chi connectivity index (χ3v) is 4.32. The maximum Gasteiger partial charge on any atom is 0.498 e. The van der Waals surface area contributed by atoms with Crippen LogP contribution in [0.2, 0.25) is 0 Å². The van der Waals surface area contributed by atoms with Crippen molar-refractivity contribution in [2.24, 2.45) is 0 Å². The molecule has 0 aliphatic carbocycles. The van der Waals surface area contributed by atoms with Gasteiger partial charge in [-0.3, -0.25) is 0 Å². The Balaban J connectivity index is 1.76. The summed E-state index contributed by atoms with van der Waals surface area (Å²) in [6.07, 6.45) is 4.84. The number of nitrogens with zero attached hydrogens (tertiary/aromatic N) is 3. The average molecular weight is 261 g/mol. The van der Waals surface area contributed by atoms with Gasteiger partial charge in [-0.1, -0.05) is 0 Å². The summed E-state index contributed by atoms with van der Waals surface area (Å²) in [6.45, 7) is 10.3. The van der Waals surface area contributed by atoms with Crippen LogP contribution in [-0.4, -0.2) is 41.4 Å². The molecule has 3 heterocycles. The highest BCUT2D eigenvalue weighted by molar-refractivity contribution is 6.61. The van der Waals surface area contributed by atoms with Crippen molar-refractivity contribution in [2.45, 2.75) is 45.3 Å². The lowest BCUT2D eigenvalue weighted by atomic mass is 9.81. The van der Waals surface area contributed by atoms with Gasteiger partial charge in [0.25, 0.3) is 0 Å². The molecule has 5 nitrogen and oxygen atoms in total. The van der Waals surface area contributed by atoms with E-state index < -0.39 is 0 Å². The lowest BCUT2D eigenvalue weighted by Crippen LogP contribution is -2.41. The summed E-state index contributed by atoms with van der Waals surface area (Å²) in [5.74, 6) is 0.798. The fraction of sp³-hybridized carbons (Fsp3) is 0.692. The van der Waals surface area contributed by atoms with Crippen LogP contribution in [0.4, 0.5) is 5.95 Å². The van der Waals surface area contributed by atoms with Gasteiger partial charge in [0.2, 0.25) is 5.95 Å². The summed E-state index contributed by atoms with van der Waals surface area (Å²) in [6, 6.07) is 0. The van der Waals surface area contributed by atoms with Gasteiger partial charge >= 0.3 is 7.12 Å². The van der Waals surface area contributed by atoms with Crippen LogP contribution in [0.25, 0.3) is 0 Å². The monoisotopic (exact) mass is 261 g/mol. The zero-order chi connectivity index (χ0) is 13.7. The standard InChI is InChI=1S/C13H20BN3O2/c1-12(2)13(3,4)19-14(18-12)10-8-15-11(16-9-10)17-6-5-7-17/h8-9H,5-7H2,1-4H3. The van der Waals surface area contributed by atoms with E-state index >= 15 is 0 Å². The first-order valence-electron chi connectivity index (χ1n) is 6.82. The quantitative estimate of drug-likeness (QED) is 0.743. The van der Waals surface area contributed by atoms with Gasteiger partial charge in [0.15, 0.2) is 0 Å². The topological polar surface area (TPSA) is 47.5 Å². The van der Waals surface area contributed by atoms with Crippen LogP contribution < -0.4 is 10.4 Å². The van der Waals surface area contributed by atoms with Gasteiger partial charge in [0, 0.05) is 30.9 Å². The summed E-state index contributed by atoms with van der Waals surface area (Å²) in [5, 5.41) is 0. The molecule has 19 heavy (non-hydrogen) atoms. The highest BCUT2D eigenvalue weighted by Gasteiger charge is 2.51. The lowest BCUT2D eigenvalue weighted by molar-refractivity contribution is 0.00578. The number of aromatic nitrogens is 2. The van der Waals surface area contributed by atoms with E-state index in [0.717, 1.165) is 24.5 Å². The van der Waals surface area contributed by atoms with E-state index in [1.54, 1.807) is 0 Å². The molecule has 1 aromatic rings. The molecule has 0 atom stereocenters. The Morgan fingerprint density at radius 2 is 1.58 bits per heavy atom. The highest BCUT2D eigenvalue weighted by atomic mass is 16.7. The molecule has 0 bridgehead atoms. The van der Waals surface area contributed by atoms with Crippen molar-refractivity contribution in [3.8, 4) is 0 Å². The minimum atomic E-state index is -0.379. The fourth-order valence-electron chi connectivity index (χ4n) is 2.11. The second kappa shape index (κ2) is 4.18. The van der Waals surface area contributed by atoms with Crippen LogP contribution in [0, 0.1) is 0 Å². The molecule has 2 saturated heterocycles. The van der Waals surface area contributed by atoms with Crippen molar-refractivity contribution in [3.63, 3.8) is 0 Å². The average Bonchev–Trinajstić information content (AvgIpc) is 2.47. The summed E-state index contributed by atoms with van der Waals surface area (Å²) >= 11 is 0. The Morgan fingerprint density at radius 1 is 1.05 bits per heavy atom. The maximum absolute atomic E-state index is 5.97. The van der Waals surface area contributed by atoms with E-state index in [1.165, 1.54) is 6.42 Å². The molecular formula is C13H20BN3O2. The van der Waals surface area contributed by atoms with Gasteiger partial charge in [-0.2, -0.15) is 0 Å². The molecule has 0 aromatic carbocycles. The Morgan fingerprint density at radius 3 is 2.00 bits per heavy atom. The van der Waals surface area contributed by atoms with E-state index in [4.69, 9.17) is 9.31 Å². The largest absolute Gasteiger partial charge is 0.498 e. The van der Waals surface area contributed by atoms with E-state index in [-0.39, 0.29) is 18.3 Å². The smallest absolute Gasteiger partial charge is 0.399 e. The normalized spacial score (nSPS) is 24.4. The lowest BCUT2D eigenvalue weighted by Gasteiger charge is -2.32. The molecule has 2 fully saturated rings. The molecule has 102 valence electrons. The molecule has 1 aromatic heterocycles. The first kappa shape index (κ1) is 12.9. The Kier molecular flexibility index (Phi) is 2.83. The SMILES string of the molecule is CC1(C)OB(c2cnc(N3CCC3)nc2)OC1(C)C. The molecule has 3 rings (SSSR count). The van der Waals surface area contributed by atoms with Crippen molar-refractivity contribution in [2.75, 3.05) is 18.0 Å². The minimum absolute atomic E-state index is 0.326. The van der Waals surface area contributed by atoms with Crippen LogP contribution >= 0.6 is 0 Å². The second-order valence-electron chi connectivity index (χ2n) is 6.25. The summed E-state index contributed by atoms with van der Waals surface area (Å²) in [7, 11) is -0.379. The number of hydrogen-bond acceptors (Lipinski definition) is 5. The van der Waals surface area contributed by atoms with Crippen LogP contribution in [0.15, 0.2) is 12.4 Å². The first-order chi connectivity index (χ1) is 8.89. The summed E-state index contributed by atoms with van der Waals surface area (Å²) in [4.78, 5) is 11.0. The second-order valence-corrected chi connectivity index (χ2v) is 6.25. The van der Waals surface area contributed by atoms with Gasteiger partial charge in [-0.25, -0.2) is 9.97 Å². The Labute approximate surface area is 114 Å². The van der Waals surface area contributed by atoms with Gasteiger partial charge in [0.05, 0.1) is 11.2 Å². The predicted molar refractivity (Wildman–Crippen MR) is 74.6 cm³/mol. The van der Waals surface area contributed by atoms with Gasteiger partial charge in [-0.15, -0.1) is 0 Å². The van der Waals surface area contributed by atoms with Crippen molar-refractivity contribution >= 4 is 18.5 Å². The Bertz CT molecular complexity index is 455. The van der Waals surface area contributed by atoms with Crippen molar-refractivity contribution in [3.05, 3.63) is 12.4 Å². The van der Waals surface area contributed by atoms with Gasteiger partial charge in [0.1, 0.15) is 0 Å². The van der Waals surface area contributed by atoms with Crippen LogP contribution in [-0.2, 0) is 9.31 Å².